The van der Waals surface area contributed by atoms with Crippen LogP contribution in [0.25, 0.3) is 11.2 Å². The molecule has 0 spiro atoms. The second-order valence-electron chi connectivity index (χ2n) is 3.39. The van der Waals surface area contributed by atoms with Crippen molar-refractivity contribution in [1.82, 2.24) is 19.9 Å². The summed E-state index contributed by atoms with van der Waals surface area (Å²) in [5.74, 6) is 0.423. The molecule has 0 bridgehead atoms. The first-order valence-corrected chi connectivity index (χ1v) is 6.69. The Morgan fingerprint density at radius 2 is 2.17 bits per heavy atom. The first kappa shape index (κ1) is 13.1. The van der Waals surface area contributed by atoms with Crippen LogP contribution in [-0.2, 0) is 20.6 Å². The Bertz CT molecular complexity index is 567. The summed E-state index contributed by atoms with van der Waals surface area (Å²) in [6, 6.07) is 0. The zero-order chi connectivity index (χ0) is 13.0. The highest BCUT2D eigenvalue weighted by Crippen LogP contribution is 2.33. The monoisotopic (exact) mass is 274 g/mol. The molecule has 0 unspecified atom stereocenters. The van der Waals surface area contributed by atoms with Crippen LogP contribution in [0.3, 0.4) is 0 Å². The minimum absolute atomic E-state index is 0.0795. The zero-order valence-corrected chi connectivity index (χ0v) is 10.1. The molecule has 0 aliphatic carbocycles. The van der Waals surface area contributed by atoms with E-state index in [-0.39, 0.29) is 13.4 Å². The Morgan fingerprint density at radius 1 is 1.33 bits per heavy atom. The zero-order valence-electron chi connectivity index (χ0n) is 9.18. The van der Waals surface area contributed by atoms with Crippen molar-refractivity contribution in [3.63, 3.8) is 0 Å². The molecule has 0 fully saturated rings. The van der Waals surface area contributed by atoms with Crippen LogP contribution in [-0.4, -0.2) is 42.9 Å². The molecule has 3 N–H and O–H groups in total. The molecule has 18 heavy (non-hydrogen) atoms. The molecule has 0 saturated heterocycles. The van der Waals surface area contributed by atoms with E-state index in [1.807, 2.05) is 0 Å². The van der Waals surface area contributed by atoms with Crippen LogP contribution in [0.1, 0.15) is 5.82 Å². The third-order valence-electron chi connectivity index (χ3n) is 1.88. The molecule has 0 radical (unpaired) electrons. The maximum absolute atomic E-state index is 10.5. The molecule has 2 aromatic rings. The number of nitrogens with one attached hydrogen (secondary N) is 1. The predicted octanol–water partition coefficient (Wildman–Crippen LogP) is -0.0212. The summed E-state index contributed by atoms with van der Waals surface area (Å²) >= 11 is 0. The van der Waals surface area contributed by atoms with Crippen molar-refractivity contribution < 1.29 is 23.8 Å². The van der Waals surface area contributed by atoms with Gasteiger partial charge in [0, 0.05) is 0 Å². The quantitative estimate of drug-likeness (QED) is 0.380. The van der Waals surface area contributed by atoms with Crippen LogP contribution >= 0.6 is 7.60 Å². The number of hydrogen-bond acceptors (Lipinski definition) is 6. The second kappa shape index (κ2) is 5.51. The first-order chi connectivity index (χ1) is 8.54. The summed E-state index contributed by atoms with van der Waals surface area (Å²) in [5.41, 5.74) is 1.25. The fourth-order valence-corrected chi connectivity index (χ4v) is 1.51. The summed E-state index contributed by atoms with van der Waals surface area (Å²) in [6.07, 6.45) is 2.38. The van der Waals surface area contributed by atoms with Gasteiger partial charge in [-0.3, -0.25) is 4.57 Å². The van der Waals surface area contributed by atoms with E-state index in [2.05, 4.69) is 24.7 Å². The number of imidazole rings is 1. The Morgan fingerprint density at radius 3 is 2.94 bits per heavy atom. The average molecular weight is 274 g/mol. The third-order valence-corrected chi connectivity index (χ3v) is 2.40. The van der Waals surface area contributed by atoms with Crippen LogP contribution in [0.5, 0.6) is 0 Å². The Hall–Kier alpha value is -1.38. The number of rotatable bonds is 6. The van der Waals surface area contributed by atoms with Gasteiger partial charge in [-0.15, -0.1) is 0 Å². The summed E-state index contributed by atoms with van der Waals surface area (Å²) in [6.45, 7) is -0.161. The topological polar surface area (TPSA) is 130 Å². The van der Waals surface area contributed by atoms with Crippen LogP contribution in [0.4, 0.5) is 0 Å². The third kappa shape index (κ3) is 3.83. The van der Waals surface area contributed by atoms with Crippen molar-refractivity contribution in [1.29, 1.82) is 0 Å². The fraction of sp³-hybridized carbons (Fsp3) is 0.375. The highest BCUT2D eigenvalue weighted by molar-refractivity contribution is 7.51. The lowest BCUT2D eigenvalue weighted by Gasteiger charge is -2.06. The Labute approximate surface area is 101 Å². The lowest BCUT2D eigenvalue weighted by atomic mass is 10.5. The first-order valence-electron chi connectivity index (χ1n) is 4.90. The van der Waals surface area contributed by atoms with E-state index in [1.54, 1.807) is 6.20 Å². The summed E-state index contributed by atoms with van der Waals surface area (Å²) < 4.78 is 20.1. The SMILES string of the molecule is O=P(O)(O)COCOCc1ncc2nc[nH]c2n1. The van der Waals surface area contributed by atoms with Gasteiger partial charge >= 0.3 is 7.60 Å². The van der Waals surface area contributed by atoms with Gasteiger partial charge in [-0.05, 0) is 0 Å². The lowest BCUT2D eigenvalue weighted by Crippen LogP contribution is -2.04. The van der Waals surface area contributed by atoms with E-state index in [0.29, 0.717) is 17.0 Å². The minimum atomic E-state index is -4.15. The number of aromatic nitrogens is 4. The van der Waals surface area contributed by atoms with Crippen molar-refractivity contribution >= 4 is 18.8 Å². The lowest BCUT2D eigenvalue weighted by molar-refractivity contribution is -0.0518. The van der Waals surface area contributed by atoms with Crippen LogP contribution in [0.2, 0.25) is 0 Å². The van der Waals surface area contributed by atoms with Gasteiger partial charge in [-0.1, -0.05) is 0 Å². The van der Waals surface area contributed by atoms with Crippen LogP contribution in [0.15, 0.2) is 12.5 Å². The Balaban J connectivity index is 1.78. The maximum atomic E-state index is 10.5. The molecule has 9 nitrogen and oxygen atoms in total. The molecule has 0 saturated carbocycles. The van der Waals surface area contributed by atoms with Gasteiger partial charge < -0.3 is 24.2 Å². The molecular weight excluding hydrogens is 263 g/mol. The number of aromatic amines is 1. The van der Waals surface area contributed by atoms with Crippen LogP contribution < -0.4 is 0 Å². The standard InChI is InChI=1S/C8H11N4O5P/c13-18(14,15)5-17-4-16-2-7-9-1-6-8(12-7)11-3-10-6/h1,3H,2,4-5H2,(H2,13,14,15)(H,9,10,11,12). The molecule has 0 aliphatic heterocycles. The minimum Gasteiger partial charge on any atom is -0.347 e. The van der Waals surface area contributed by atoms with E-state index >= 15 is 0 Å². The van der Waals surface area contributed by atoms with Gasteiger partial charge in [0.2, 0.25) is 0 Å². The van der Waals surface area contributed by atoms with Crippen molar-refractivity contribution in [3.8, 4) is 0 Å². The summed E-state index contributed by atoms with van der Waals surface area (Å²) in [5, 5.41) is 0. The smallest absolute Gasteiger partial charge is 0.347 e. The van der Waals surface area contributed by atoms with Crippen molar-refractivity contribution in [2.24, 2.45) is 0 Å². The summed E-state index contributed by atoms with van der Waals surface area (Å²) in [7, 11) is -4.15. The fourth-order valence-electron chi connectivity index (χ4n) is 1.19. The van der Waals surface area contributed by atoms with Gasteiger partial charge in [0.1, 0.15) is 18.9 Å². The normalized spacial score (nSPS) is 12.1. The van der Waals surface area contributed by atoms with E-state index in [4.69, 9.17) is 14.5 Å². The molecule has 2 rings (SSSR count). The van der Waals surface area contributed by atoms with Gasteiger partial charge in [0.15, 0.2) is 17.8 Å². The molecule has 2 aromatic heterocycles. The number of H-pyrrole nitrogens is 1. The van der Waals surface area contributed by atoms with E-state index in [9.17, 15) is 4.57 Å². The van der Waals surface area contributed by atoms with Gasteiger partial charge in [-0.2, -0.15) is 0 Å². The van der Waals surface area contributed by atoms with Crippen molar-refractivity contribution in [2.45, 2.75) is 6.61 Å². The summed E-state index contributed by atoms with van der Waals surface area (Å²) in [4.78, 5) is 32.0. The Kier molecular flexibility index (Phi) is 4.00. The van der Waals surface area contributed by atoms with E-state index < -0.39 is 13.9 Å². The predicted molar refractivity (Wildman–Crippen MR) is 59.3 cm³/mol. The highest BCUT2D eigenvalue weighted by Gasteiger charge is 2.12. The molecule has 0 aliphatic rings. The van der Waals surface area contributed by atoms with Crippen molar-refractivity contribution in [2.75, 3.05) is 13.1 Å². The average Bonchev–Trinajstić information content (AvgIpc) is 2.74. The highest BCUT2D eigenvalue weighted by atomic mass is 31.2. The van der Waals surface area contributed by atoms with Crippen molar-refractivity contribution in [3.05, 3.63) is 18.3 Å². The maximum Gasteiger partial charge on any atom is 0.351 e. The van der Waals surface area contributed by atoms with Gasteiger partial charge in [0.25, 0.3) is 0 Å². The number of ether oxygens (including phenoxy) is 2. The second-order valence-corrected chi connectivity index (χ2v) is 4.97. The molecule has 98 valence electrons. The van der Waals surface area contributed by atoms with E-state index in [0.717, 1.165) is 0 Å². The molecule has 0 amide bonds. The molecule has 2 heterocycles. The van der Waals surface area contributed by atoms with Gasteiger partial charge in [-0.25, -0.2) is 15.0 Å². The molecule has 10 heteroatoms. The molecule has 0 atom stereocenters. The molecular formula is C8H11N4O5P. The number of fused-ring (bicyclic) bond motifs is 1. The van der Waals surface area contributed by atoms with E-state index in [1.165, 1.54) is 6.33 Å². The number of hydrogen-bond donors (Lipinski definition) is 3. The largest absolute Gasteiger partial charge is 0.351 e. The number of nitrogens with zero attached hydrogens (tertiary/aromatic N) is 3. The van der Waals surface area contributed by atoms with Crippen LogP contribution in [0, 0.1) is 0 Å². The molecule has 0 aromatic carbocycles. The van der Waals surface area contributed by atoms with Gasteiger partial charge in [0.05, 0.1) is 12.5 Å².